The van der Waals surface area contributed by atoms with Gasteiger partial charge in [-0.15, -0.1) is 0 Å². The van der Waals surface area contributed by atoms with Crippen molar-refractivity contribution in [3.63, 3.8) is 0 Å². The van der Waals surface area contributed by atoms with Crippen LogP contribution in [0.3, 0.4) is 0 Å². The molecular weight excluding hydrogens is 242 g/mol. The quantitative estimate of drug-likeness (QED) is 0.823. The van der Waals surface area contributed by atoms with Gasteiger partial charge in [-0.25, -0.2) is 0 Å². The highest BCUT2D eigenvalue weighted by atomic mass is 16.5. The van der Waals surface area contributed by atoms with Crippen LogP contribution in [-0.4, -0.2) is 31.8 Å². The Hall–Kier alpha value is -1.71. The number of benzene rings is 1. The number of carboxylic acids is 1. The average molecular weight is 265 g/mol. The van der Waals surface area contributed by atoms with Crippen LogP contribution in [0.2, 0.25) is 0 Å². The number of rotatable bonds is 7. The van der Waals surface area contributed by atoms with Crippen LogP contribution in [0, 0.1) is 5.92 Å². The number of aryl methyl sites for hydroxylation is 1. The maximum Gasteiger partial charge on any atom is 0.303 e. The van der Waals surface area contributed by atoms with E-state index in [0.717, 1.165) is 30.0 Å². The van der Waals surface area contributed by atoms with Crippen molar-refractivity contribution in [1.82, 2.24) is 0 Å². The minimum absolute atomic E-state index is 0.120. The molecule has 4 heteroatoms. The molecule has 1 aromatic rings. The van der Waals surface area contributed by atoms with Crippen LogP contribution in [0.25, 0.3) is 0 Å². The Morgan fingerprint density at radius 3 is 2.68 bits per heavy atom. The number of carbonyl (C=O) groups is 1. The van der Waals surface area contributed by atoms with Crippen LogP contribution in [0.1, 0.15) is 25.8 Å². The van der Waals surface area contributed by atoms with Gasteiger partial charge in [-0.3, -0.25) is 4.79 Å². The number of aliphatic carboxylic acids is 1. The molecule has 0 aliphatic rings. The largest absolute Gasteiger partial charge is 0.496 e. The lowest BCUT2D eigenvalue weighted by Crippen LogP contribution is -2.25. The molecule has 0 saturated carbocycles. The van der Waals surface area contributed by atoms with Crippen molar-refractivity contribution in [3.05, 3.63) is 23.8 Å². The van der Waals surface area contributed by atoms with Gasteiger partial charge in [-0.1, -0.05) is 13.8 Å². The molecule has 0 spiro atoms. The molecule has 0 aromatic heterocycles. The second-order valence-electron chi connectivity index (χ2n) is 4.93. The number of methoxy groups -OCH3 is 1. The summed E-state index contributed by atoms with van der Waals surface area (Å²) in [6, 6.07) is 6.07. The Labute approximate surface area is 115 Å². The van der Waals surface area contributed by atoms with Crippen LogP contribution in [0.4, 0.5) is 5.69 Å². The fourth-order valence-corrected chi connectivity index (χ4v) is 2.21. The normalized spacial score (nSPS) is 12.0. The van der Waals surface area contributed by atoms with Gasteiger partial charge in [0, 0.05) is 25.7 Å². The van der Waals surface area contributed by atoms with Crippen molar-refractivity contribution in [1.29, 1.82) is 0 Å². The molecule has 1 N–H and O–H groups in total. The lowest BCUT2D eigenvalue weighted by Gasteiger charge is -2.23. The monoisotopic (exact) mass is 265 g/mol. The predicted molar refractivity (Wildman–Crippen MR) is 77.1 cm³/mol. The van der Waals surface area contributed by atoms with Gasteiger partial charge >= 0.3 is 5.97 Å². The molecule has 1 atom stereocenters. The zero-order valence-corrected chi connectivity index (χ0v) is 12.1. The zero-order chi connectivity index (χ0) is 14.4. The molecule has 0 fully saturated rings. The molecule has 1 rings (SSSR count). The number of hydrogen-bond acceptors (Lipinski definition) is 3. The zero-order valence-electron chi connectivity index (χ0n) is 12.1. The summed E-state index contributed by atoms with van der Waals surface area (Å²) in [6.07, 6.45) is 1.11. The van der Waals surface area contributed by atoms with Crippen molar-refractivity contribution in [2.45, 2.75) is 26.7 Å². The third kappa shape index (κ3) is 4.47. The number of anilines is 1. The Bertz CT molecular complexity index is 431. The summed E-state index contributed by atoms with van der Waals surface area (Å²) in [6.45, 7) is 4.77. The SMILES string of the molecule is CCc1cc(N(C)CC(C)CC(=O)O)ccc1OC. The van der Waals surface area contributed by atoms with E-state index in [9.17, 15) is 4.79 Å². The van der Waals surface area contributed by atoms with Crippen molar-refractivity contribution < 1.29 is 14.6 Å². The molecule has 0 aliphatic heterocycles. The number of hydrogen-bond donors (Lipinski definition) is 1. The van der Waals surface area contributed by atoms with Crippen molar-refractivity contribution in [3.8, 4) is 5.75 Å². The lowest BCUT2D eigenvalue weighted by molar-refractivity contribution is -0.137. The number of ether oxygens (including phenoxy) is 1. The van der Waals surface area contributed by atoms with E-state index in [4.69, 9.17) is 9.84 Å². The molecule has 1 aromatic carbocycles. The molecule has 19 heavy (non-hydrogen) atoms. The highest BCUT2D eigenvalue weighted by Gasteiger charge is 2.12. The summed E-state index contributed by atoms with van der Waals surface area (Å²) >= 11 is 0. The smallest absolute Gasteiger partial charge is 0.303 e. The summed E-state index contributed by atoms with van der Waals surface area (Å²) in [4.78, 5) is 12.8. The van der Waals surface area contributed by atoms with Gasteiger partial charge in [0.05, 0.1) is 7.11 Å². The fraction of sp³-hybridized carbons (Fsp3) is 0.533. The van der Waals surface area contributed by atoms with Gasteiger partial charge in [0.25, 0.3) is 0 Å². The van der Waals surface area contributed by atoms with E-state index >= 15 is 0 Å². The lowest BCUT2D eigenvalue weighted by atomic mass is 10.1. The topological polar surface area (TPSA) is 49.8 Å². The van der Waals surface area contributed by atoms with Crippen LogP contribution in [-0.2, 0) is 11.2 Å². The van der Waals surface area contributed by atoms with E-state index in [2.05, 4.69) is 17.9 Å². The molecule has 4 nitrogen and oxygen atoms in total. The summed E-state index contributed by atoms with van der Waals surface area (Å²) < 4.78 is 5.31. The Morgan fingerprint density at radius 2 is 2.16 bits per heavy atom. The third-order valence-corrected chi connectivity index (χ3v) is 3.19. The van der Waals surface area contributed by atoms with Crippen LogP contribution in [0.5, 0.6) is 5.75 Å². The molecular formula is C15H23NO3. The summed E-state index contributed by atoms with van der Waals surface area (Å²) in [5.74, 6) is 0.276. The predicted octanol–water partition coefficient (Wildman–Crippen LogP) is 2.80. The molecule has 0 amide bonds. The molecule has 106 valence electrons. The molecule has 0 saturated heterocycles. The van der Waals surface area contributed by atoms with Gasteiger partial charge in [0.2, 0.25) is 0 Å². The molecule has 1 unspecified atom stereocenters. The van der Waals surface area contributed by atoms with E-state index < -0.39 is 5.97 Å². The summed E-state index contributed by atoms with van der Waals surface area (Å²) in [7, 11) is 3.66. The first-order valence-corrected chi connectivity index (χ1v) is 6.57. The van der Waals surface area contributed by atoms with E-state index in [1.165, 1.54) is 0 Å². The van der Waals surface area contributed by atoms with Crippen LogP contribution < -0.4 is 9.64 Å². The fourth-order valence-electron chi connectivity index (χ4n) is 2.21. The van der Waals surface area contributed by atoms with Crippen molar-refractivity contribution in [2.75, 3.05) is 25.6 Å². The first kappa shape index (κ1) is 15.3. The van der Waals surface area contributed by atoms with Crippen molar-refractivity contribution in [2.24, 2.45) is 5.92 Å². The standard InChI is InChI=1S/C15H23NO3/c1-5-12-9-13(6-7-14(12)19-4)16(3)10-11(2)8-15(17)18/h6-7,9,11H,5,8,10H2,1-4H3,(H,17,18). The van der Waals surface area contributed by atoms with Crippen LogP contribution >= 0.6 is 0 Å². The highest BCUT2D eigenvalue weighted by Crippen LogP contribution is 2.25. The van der Waals surface area contributed by atoms with Gasteiger partial charge in [0.1, 0.15) is 5.75 Å². The third-order valence-electron chi connectivity index (χ3n) is 3.19. The molecule has 0 heterocycles. The van der Waals surface area contributed by atoms with E-state index in [-0.39, 0.29) is 12.3 Å². The number of carboxylic acid groups (broad SMARTS) is 1. The minimum Gasteiger partial charge on any atom is -0.496 e. The molecule has 0 radical (unpaired) electrons. The molecule has 0 bridgehead atoms. The van der Waals surface area contributed by atoms with E-state index in [1.807, 2.05) is 26.1 Å². The Morgan fingerprint density at radius 1 is 1.47 bits per heavy atom. The van der Waals surface area contributed by atoms with Crippen LogP contribution in [0.15, 0.2) is 18.2 Å². The maximum atomic E-state index is 10.7. The average Bonchev–Trinajstić information content (AvgIpc) is 2.36. The maximum absolute atomic E-state index is 10.7. The second-order valence-corrected chi connectivity index (χ2v) is 4.93. The first-order valence-electron chi connectivity index (χ1n) is 6.57. The summed E-state index contributed by atoms with van der Waals surface area (Å²) in [5.41, 5.74) is 2.26. The van der Waals surface area contributed by atoms with Crippen molar-refractivity contribution >= 4 is 11.7 Å². The van der Waals surface area contributed by atoms with Gasteiger partial charge in [-0.2, -0.15) is 0 Å². The minimum atomic E-state index is -0.745. The van der Waals surface area contributed by atoms with Gasteiger partial charge < -0.3 is 14.7 Å². The highest BCUT2D eigenvalue weighted by molar-refractivity contribution is 5.67. The van der Waals surface area contributed by atoms with Gasteiger partial charge in [-0.05, 0) is 36.1 Å². The Kier molecular flexibility index (Phi) is 5.67. The van der Waals surface area contributed by atoms with E-state index in [1.54, 1.807) is 7.11 Å². The van der Waals surface area contributed by atoms with E-state index in [0.29, 0.717) is 0 Å². The molecule has 0 aliphatic carbocycles. The Balaban J connectivity index is 2.76. The summed E-state index contributed by atoms with van der Waals surface area (Å²) in [5, 5.41) is 8.78. The second kappa shape index (κ2) is 7.02. The number of nitrogens with zero attached hydrogens (tertiary/aromatic N) is 1. The first-order chi connectivity index (χ1) is 8.97. The van der Waals surface area contributed by atoms with Gasteiger partial charge in [0.15, 0.2) is 0 Å².